The van der Waals surface area contributed by atoms with Gasteiger partial charge in [0, 0.05) is 0 Å². The van der Waals surface area contributed by atoms with Gasteiger partial charge < -0.3 is 0 Å². The maximum absolute atomic E-state index is 3.36. The summed E-state index contributed by atoms with van der Waals surface area (Å²) in [6, 6.07) is 0. The van der Waals surface area contributed by atoms with Crippen molar-refractivity contribution in [2.45, 2.75) is 27.2 Å². The Labute approximate surface area is 60.1 Å². The molecular formula is C7H13Br. The highest BCUT2D eigenvalue weighted by Crippen LogP contribution is 2.07. The molecule has 0 saturated carbocycles. The second-order valence-corrected chi connectivity index (χ2v) is 3.67. The Bertz CT molecular complexity index is 78.4. The van der Waals surface area contributed by atoms with Crippen molar-refractivity contribution in [2.24, 2.45) is 5.92 Å². The first-order valence-corrected chi connectivity index (χ1v) is 3.74. The third-order valence-electron chi connectivity index (χ3n) is 0.871. The summed E-state index contributed by atoms with van der Waals surface area (Å²) in [5.41, 5.74) is 0. The van der Waals surface area contributed by atoms with Crippen molar-refractivity contribution < 1.29 is 0 Å². The fourth-order valence-electron chi connectivity index (χ4n) is 0.398. The van der Waals surface area contributed by atoms with Crippen molar-refractivity contribution >= 4 is 15.9 Å². The topological polar surface area (TPSA) is 0 Å². The zero-order valence-electron chi connectivity index (χ0n) is 5.74. The van der Waals surface area contributed by atoms with Crippen molar-refractivity contribution in [1.82, 2.24) is 0 Å². The summed E-state index contributed by atoms with van der Waals surface area (Å²) in [4.78, 5) is 0. The molecule has 0 N–H and O–H groups in total. The van der Waals surface area contributed by atoms with Crippen LogP contribution in [0, 0.1) is 5.92 Å². The van der Waals surface area contributed by atoms with Gasteiger partial charge in [-0.3, -0.25) is 0 Å². The minimum atomic E-state index is 0.780. The molecule has 0 fully saturated rings. The molecule has 0 rings (SSSR count). The quantitative estimate of drug-likeness (QED) is 0.606. The molecule has 0 aromatic heterocycles. The summed E-state index contributed by atoms with van der Waals surface area (Å²) in [6.45, 7) is 6.49. The van der Waals surface area contributed by atoms with Crippen LogP contribution in [0.2, 0.25) is 0 Å². The van der Waals surface area contributed by atoms with E-state index in [0.717, 1.165) is 5.92 Å². The van der Waals surface area contributed by atoms with Crippen LogP contribution < -0.4 is 0 Å². The van der Waals surface area contributed by atoms with Gasteiger partial charge in [-0.1, -0.05) is 35.9 Å². The molecule has 0 aromatic carbocycles. The zero-order valence-corrected chi connectivity index (χ0v) is 7.33. The number of allylic oxidation sites excluding steroid dienone is 2. The van der Waals surface area contributed by atoms with E-state index >= 15 is 0 Å². The van der Waals surface area contributed by atoms with E-state index in [2.05, 4.69) is 42.8 Å². The van der Waals surface area contributed by atoms with Crippen molar-refractivity contribution in [1.29, 1.82) is 0 Å². The van der Waals surface area contributed by atoms with Gasteiger partial charge in [-0.05, 0) is 23.7 Å². The Morgan fingerprint density at radius 3 is 2.25 bits per heavy atom. The lowest BCUT2D eigenvalue weighted by Crippen LogP contribution is -1.81. The Morgan fingerprint density at radius 1 is 1.62 bits per heavy atom. The lowest BCUT2D eigenvalue weighted by atomic mass is 10.1. The van der Waals surface area contributed by atoms with Gasteiger partial charge in [-0.25, -0.2) is 0 Å². The average Bonchev–Trinajstić information content (AvgIpc) is 1.61. The summed E-state index contributed by atoms with van der Waals surface area (Å²) < 4.78 is 1.24. The molecule has 48 valence electrons. The zero-order chi connectivity index (χ0) is 6.57. The highest BCUT2D eigenvalue weighted by atomic mass is 79.9. The number of halogens is 1. The van der Waals surface area contributed by atoms with Crippen LogP contribution in [0.5, 0.6) is 0 Å². The van der Waals surface area contributed by atoms with Crippen LogP contribution in [-0.2, 0) is 0 Å². The third-order valence-corrected chi connectivity index (χ3v) is 1.19. The maximum Gasteiger partial charge on any atom is -0.0120 e. The maximum atomic E-state index is 3.36. The standard InChI is InChI=1S/C7H13Br/c1-6(2)4-5-7(3)8/h5-6H,4H2,1-3H3/b7-5-. The Kier molecular flexibility index (Phi) is 4.25. The molecule has 0 radical (unpaired) electrons. The predicted molar refractivity (Wildman–Crippen MR) is 42.1 cm³/mol. The van der Waals surface area contributed by atoms with Gasteiger partial charge in [-0.15, -0.1) is 0 Å². The summed E-state index contributed by atoms with van der Waals surface area (Å²) in [5, 5.41) is 0. The van der Waals surface area contributed by atoms with E-state index in [1.54, 1.807) is 0 Å². The smallest absolute Gasteiger partial charge is 0.0120 e. The monoisotopic (exact) mass is 176 g/mol. The first kappa shape index (κ1) is 8.22. The Morgan fingerprint density at radius 2 is 2.12 bits per heavy atom. The molecule has 8 heavy (non-hydrogen) atoms. The number of rotatable bonds is 2. The highest BCUT2D eigenvalue weighted by molar-refractivity contribution is 9.11. The van der Waals surface area contributed by atoms with E-state index in [1.165, 1.54) is 10.9 Å². The van der Waals surface area contributed by atoms with Gasteiger partial charge in [0.2, 0.25) is 0 Å². The molecule has 0 bridgehead atoms. The number of hydrogen-bond donors (Lipinski definition) is 0. The van der Waals surface area contributed by atoms with E-state index in [-0.39, 0.29) is 0 Å². The van der Waals surface area contributed by atoms with E-state index in [0.29, 0.717) is 0 Å². The van der Waals surface area contributed by atoms with Crippen LogP contribution in [0.1, 0.15) is 27.2 Å². The molecule has 0 unspecified atom stereocenters. The predicted octanol–water partition coefficient (Wildman–Crippen LogP) is 3.33. The Balaban J connectivity index is 3.29. The lowest BCUT2D eigenvalue weighted by Gasteiger charge is -1.95. The first-order chi connectivity index (χ1) is 3.63. The normalized spacial score (nSPS) is 12.9. The summed E-state index contributed by atoms with van der Waals surface area (Å²) in [5.74, 6) is 0.780. The molecule has 0 aliphatic carbocycles. The molecule has 0 aromatic rings. The second kappa shape index (κ2) is 4.13. The highest BCUT2D eigenvalue weighted by Gasteiger charge is 1.87. The van der Waals surface area contributed by atoms with Gasteiger partial charge >= 0.3 is 0 Å². The molecule has 0 heterocycles. The molecule has 0 amide bonds. The Hall–Kier alpha value is 0.220. The van der Waals surface area contributed by atoms with Gasteiger partial charge in [0.1, 0.15) is 0 Å². The fourth-order valence-corrected chi connectivity index (χ4v) is 0.585. The molecule has 0 spiro atoms. The van der Waals surface area contributed by atoms with Gasteiger partial charge in [0.05, 0.1) is 0 Å². The van der Waals surface area contributed by atoms with Crippen LogP contribution in [0.15, 0.2) is 10.6 Å². The van der Waals surface area contributed by atoms with Crippen molar-refractivity contribution in [3.05, 3.63) is 10.6 Å². The molecular weight excluding hydrogens is 164 g/mol. The van der Waals surface area contributed by atoms with E-state index in [4.69, 9.17) is 0 Å². The first-order valence-electron chi connectivity index (χ1n) is 2.95. The SMILES string of the molecule is C/C(Br)=C/CC(C)C. The minimum Gasteiger partial charge on any atom is -0.0744 e. The van der Waals surface area contributed by atoms with Crippen LogP contribution in [-0.4, -0.2) is 0 Å². The average molecular weight is 177 g/mol. The minimum absolute atomic E-state index is 0.780. The van der Waals surface area contributed by atoms with Crippen LogP contribution >= 0.6 is 15.9 Å². The van der Waals surface area contributed by atoms with Crippen molar-refractivity contribution in [3.8, 4) is 0 Å². The van der Waals surface area contributed by atoms with Gasteiger partial charge in [0.25, 0.3) is 0 Å². The number of hydrogen-bond acceptors (Lipinski definition) is 0. The summed E-state index contributed by atoms with van der Waals surface area (Å²) in [6.07, 6.45) is 3.38. The van der Waals surface area contributed by atoms with E-state index in [9.17, 15) is 0 Å². The summed E-state index contributed by atoms with van der Waals surface area (Å²) >= 11 is 3.36. The van der Waals surface area contributed by atoms with Crippen LogP contribution in [0.25, 0.3) is 0 Å². The molecule has 0 atom stereocenters. The van der Waals surface area contributed by atoms with Gasteiger partial charge in [0.15, 0.2) is 0 Å². The molecule has 0 aliphatic rings. The van der Waals surface area contributed by atoms with Crippen molar-refractivity contribution in [3.63, 3.8) is 0 Å². The molecule has 0 nitrogen and oxygen atoms in total. The summed E-state index contributed by atoms with van der Waals surface area (Å²) in [7, 11) is 0. The second-order valence-electron chi connectivity index (χ2n) is 2.42. The van der Waals surface area contributed by atoms with Crippen LogP contribution in [0.3, 0.4) is 0 Å². The molecule has 0 aliphatic heterocycles. The van der Waals surface area contributed by atoms with E-state index < -0.39 is 0 Å². The van der Waals surface area contributed by atoms with E-state index in [1.807, 2.05) is 0 Å². The fraction of sp³-hybridized carbons (Fsp3) is 0.714. The lowest BCUT2D eigenvalue weighted by molar-refractivity contribution is 0.663. The molecule has 0 saturated heterocycles. The van der Waals surface area contributed by atoms with Crippen LogP contribution in [0.4, 0.5) is 0 Å². The largest absolute Gasteiger partial charge is 0.0744 e. The van der Waals surface area contributed by atoms with Gasteiger partial charge in [-0.2, -0.15) is 0 Å². The van der Waals surface area contributed by atoms with Crippen molar-refractivity contribution in [2.75, 3.05) is 0 Å². The molecule has 1 heteroatoms. The third kappa shape index (κ3) is 6.22.